The van der Waals surface area contributed by atoms with E-state index in [1.165, 1.54) is 43.4 Å². The van der Waals surface area contributed by atoms with Crippen molar-refractivity contribution in [3.63, 3.8) is 0 Å². The molecule has 0 aliphatic heterocycles. The van der Waals surface area contributed by atoms with Crippen LogP contribution in [0.1, 0.15) is 0 Å². The van der Waals surface area contributed by atoms with Crippen molar-refractivity contribution in [2.24, 2.45) is 0 Å². The molecule has 0 bridgehead atoms. The highest BCUT2D eigenvalue weighted by atomic mass is 15.0. The maximum atomic E-state index is 5.12. The molecule has 0 fully saturated rings. The number of fused-ring (bicyclic) bond motifs is 8. The molecule has 0 aliphatic carbocycles. The van der Waals surface area contributed by atoms with Crippen LogP contribution in [0.15, 0.2) is 200 Å². The minimum Gasteiger partial charge on any atom is -0.309 e. The maximum absolute atomic E-state index is 5.12. The molecule has 9 aromatic carbocycles. The van der Waals surface area contributed by atoms with E-state index in [0.29, 0.717) is 17.5 Å². The lowest BCUT2D eigenvalue weighted by atomic mass is 10.0. The Kier molecular flexibility index (Phi) is 7.16. The number of hydrogen-bond donors (Lipinski definition) is 0. The average Bonchev–Trinajstić information content (AvgIpc) is 3.80. The van der Waals surface area contributed by atoms with E-state index in [9.17, 15) is 0 Å². The van der Waals surface area contributed by atoms with Gasteiger partial charge >= 0.3 is 0 Å². The summed E-state index contributed by atoms with van der Waals surface area (Å²) in [6, 6.07) is 71.1. The first-order valence-electron chi connectivity index (χ1n) is 19.6. The zero-order valence-corrected chi connectivity index (χ0v) is 31.3. The lowest BCUT2D eigenvalue weighted by Crippen LogP contribution is -2.01. The van der Waals surface area contributed by atoms with E-state index >= 15 is 0 Å². The fraction of sp³-hybridized carbons (Fsp3) is 0. The lowest BCUT2D eigenvalue weighted by Gasteiger charge is -2.15. The minimum absolute atomic E-state index is 0.638. The zero-order valence-electron chi connectivity index (χ0n) is 31.3. The number of aromatic nitrogens is 5. The molecule has 0 N–H and O–H groups in total. The fourth-order valence-electron chi connectivity index (χ4n) is 8.89. The lowest BCUT2D eigenvalue weighted by molar-refractivity contribution is 1.08. The first kappa shape index (κ1) is 32.4. The van der Waals surface area contributed by atoms with E-state index in [-0.39, 0.29) is 0 Å². The van der Waals surface area contributed by atoms with Crippen LogP contribution in [0.3, 0.4) is 0 Å². The quantitative estimate of drug-likeness (QED) is 0.177. The highest BCUT2D eigenvalue weighted by Crippen LogP contribution is 2.42. The molecule has 3 heterocycles. The Balaban J connectivity index is 1.12. The van der Waals surface area contributed by atoms with Crippen LogP contribution in [-0.2, 0) is 0 Å². The number of benzene rings is 9. The van der Waals surface area contributed by atoms with Gasteiger partial charge in [0.05, 0.1) is 27.8 Å². The first-order chi connectivity index (χ1) is 28.8. The van der Waals surface area contributed by atoms with Gasteiger partial charge in [0.2, 0.25) is 0 Å². The second-order valence-electron chi connectivity index (χ2n) is 14.8. The molecule has 3 aromatic heterocycles. The van der Waals surface area contributed by atoms with Crippen molar-refractivity contribution >= 4 is 65.2 Å². The SMILES string of the molecule is c1ccc(-c2nc(-c3ccccc3)nc(-c3ccc(-n4c5ccccc5c5cc6c7ccccc7n(-c7ccc8ccccc8c7)c6cc54)c4ccccc34)n2)cc1. The molecular formula is C53H33N5. The molecule has 0 spiro atoms. The van der Waals surface area contributed by atoms with Crippen molar-refractivity contribution < 1.29 is 0 Å². The molecule has 0 unspecified atom stereocenters. The summed E-state index contributed by atoms with van der Waals surface area (Å²) in [5, 5.41) is 9.54. The van der Waals surface area contributed by atoms with Crippen LogP contribution in [-0.4, -0.2) is 24.1 Å². The molecule has 12 rings (SSSR count). The Morgan fingerprint density at radius 2 is 0.810 bits per heavy atom. The van der Waals surface area contributed by atoms with E-state index in [1.807, 2.05) is 60.7 Å². The summed E-state index contributed by atoms with van der Waals surface area (Å²) in [4.78, 5) is 15.2. The first-order valence-corrected chi connectivity index (χ1v) is 19.6. The monoisotopic (exact) mass is 739 g/mol. The van der Waals surface area contributed by atoms with Gasteiger partial charge < -0.3 is 9.13 Å². The van der Waals surface area contributed by atoms with Crippen LogP contribution < -0.4 is 0 Å². The third kappa shape index (κ3) is 5.00. The van der Waals surface area contributed by atoms with Gasteiger partial charge in [0.1, 0.15) is 0 Å². The number of hydrogen-bond acceptors (Lipinski definition) is 3. The van der Waals surface area contributed by atoms with Crippen molar-refractivity contribution in [3.8, 4) is 45.5 Å². The molecule has 270 valence electrons. The average molecular weight is 740 g/mol. The Hall–Kier alpha value is -7.89. The summed E-state index contributed by atoms with van der Waals surface area (Å²) in [5.41, 5.74) is 9.74. The second-order valence-corrected chi connectivity index (χ2v) is 14.8. The summed E-state index contributed by atoms with van der Waals surface area (Å²) in [7, 11) is 0. The molecule has 0 saturated carbocycles. The van der Waals surface area contributed by atoms with Crippen LogP contribution >= 0.6 is 0 Å². The summed E-state index contributed by atoms with van der Waals surface area (Å²) >= 11 is 0. The fourth-order valence-corrected chi connectivity index (χ4v) is 8.89. The van der Waals surface area contributed by atoms with Gasteiger partial charge in [-0.2, -0.15) is 0 Å². The van der Waals surface area contributed by atoms with E-state index in [4.69, 9.17) is 15.0 Å². The molecule has 58 heavy (non-hydrogen) atoms. The molecule has 5 nitrogen and oxygen atoms in total. The maximum Gasteiger partial charge on any atom is 0.164 e. The number of para-hydroxylation sites is 2. The summed E-state index contributed by atoms with van der Waals surface area (Å²) in [6.45, 7) is 0. The van der Waals surface area contributed by atoms with Crippen molar-refractivity contribution in [2.75, 3.05) is 0 Å². The second kappa shape index (κ2) is 12.8. The molecule has 0 amide bonds. The van der Waals surface area contributed by atoms with Crippen LogP contribution in [0.25, 0.3) is 111 Å². The molecule has 0 radical (unpaired) electrons. The molecule has 0 aliphatic rings. The zero-order chi connectivity index (χ0) is 38.2. The Morgan fingerprint density at radius 3 is 1.48 bits per heavy atom. The van der Waals surface area contributed by atoms with Crippen molar-refractivity contribution in [1.29, 1.82) is 0 Å². The van der Waals surface area contributed by atoms with Gasteiger partial charge in [-0.15, -0.1) is 0 Å². The van der Waals surface area contributed by atoms with E-state index in [0.717, 1.165) is 49.9 Å². The number of nitrogens with zero attached hydrogens (tertiary/aromatic N) is 5. The van der Waals surface area contributed by atoms with Gasteiger partial charge in [-0.25, -0.2) is 15.0 Å². The van der Waals surface area contributed by atoms with Gasteiger partial charge in [-0.1, -0.05) is 152 Å². The van der Waals surface area contributed by atoms with Gasteiger partial charge in [0, 0.05) is 49.3 Å². The minimum atomic E-state index is 0.638. The van der Waals surface area contributed by atoms with Gasteiger partial charge in [0.25, 0.3) is 0 Å². The highest BCUT2D eigenvalue weighted by Gasteiger charge is 2.21. The predicted octanol–water partition coefficient (Wildman–Crippen LogP) is 13.4. The topological polar surface area (TPSA) is 48.5 Å². The molecule has 0 saturated heterocycles. The van der Waals surface area contributed by atoms with E-state index in [2.05, 4.69) is 149 Å². The Morgan fingerprint density at radius 1 is 0.293 bits per heavy atom. The normalized spacial score (nSPS) is 11.8. The van der Waals surface area contributed by atoms with Crippen molar-refractivity contribution in [1.82, 2.24) is 24.1 Å². The highest BCUT2D eigenvalue weighted by molar-refractivity contribution is 6.20. The van der Waals surface area contributed by atoms with Crippen molar-refractivity contribution in [2.45, 2.75) is 0 Å². The van der Waals surface area contributed by atoms with Gasteiger partial charge in [0.15, 0.2) is 17.5 Å². The van der Waals surface area contributed by atoms with Gasteiger partial charge in [-0.3, -0.25) is 0 Å². The van der Waals surface area contributed by atoms with Crippen LogP contribution in [0, 0.1) is 0 Å². The van der Waals surface area contributed by atoms with Gasteiger partial charge in [-0.05, 0) is 64.7 Å². The smallest absolute Gasteiger partial charge is 0.164 e. The number of rotatable bonds is 5. The third-order valence-electron chi connectivity index (χ3n) is 11.5. The standard InChI is InChI=1S/C53H33N5/c1-3-16-35(17-4-1)51-54-52(36-18-5-2-6-19-36)56-53(55-51)43-29-30-48(40-22-10-9-21-39(40)43)58-47-26-14-12-24-42(47)45-32-44-41-23-11-13-25-46(41)57(49(44)33-50(45)58)38-28-27-34-15-7-8-20-37(34)31-38/h1-33H. The Bertz CT molecular complexity index is 3510. The van der Waals surface area contributed by atoms with E-state index < -0.39 is 0 Å². The molecule has 0 atom stereocenters. The van der Waals surface area contributed by atoms with Crippen LogP contribution in [0.4, 0.5) is 0 Å². The molecular weight excluding hydrogens is 707 g/mol. The molecule has 12 aromatic rings. The summed E-state index contributed by atoms with van der Waals surface area (Å²) in [6.07, 6.45) is 0. The predicted molar refractivity (Wildman–Crippen MR) is 240 cm³/mol. The van der Waals surface area contributed by atoms with Crippen LogP contribution in [0.2, 0.25) is 0 Å². The van der Waals surface area contributed by atoms with Crippen LogP contribution in [0.5, 0.6) is 0 Å². The third-order valence-corrected chi connectivity index (χ3v) is 11.5. The summed E-state index contributed by atoms with van der Waals surface area (Å²) in [5.74, 6) is 1.93. The van der Waals surface area contributed by atoms with E-state index in [1.54, 1.807) is 0 Å². The molecule has 5 heteroatoms. The van der Waals surface area contributed by atoms with Crippen molar-refractivity contribution in [3.05, 3.63) is 200 Å². The summed E-state index contributed by atoms with van der Waals surface area (Å²) < 4.78 is 4.87. The Labute approximate surface area is 333 Å². The largest absolute Gasteiger partial charge is 0.309 e.